The highest BCUT2D eigenvalue weighted by atomic mass is 16.5. The highest BCUT2D eigenvalue weighted by molar-refractivity contribution is 5.83. The second-order valence-electron chi connectivity index (χ2n) is 6.92. The van der Waals surface area contributed by atoms with E-state index in [1.54, 1.807) is 0 Å². The molecule has 0 spiro atoms. The van der Waals surface area contributed by atoms with Crippen molar-refractivity contribution in [1.29, 1.82) is 0 Å². The van der Waals surface area contributed by atoms with Gasteiger partial charge in [-0.1, -0.05) is 18.2 Å². The van der Waals surface area contributed by atoms with E-state index in [0.29, 0.717) is 6.42 Å². The van der Waals surface area contributed by atoms with Crippen molar-refractivity contribution in [1.82, 2.24) is 15.2 Å². The van der Waals surface area contributed by atoms with Crippen LogP contribution in [0.5, 0.6) is 0 Å². The number of ether oxygens (including phenoxy) is 1. The molecule has 2 N–H and O–H groups in total. The Morgan fingerprint density at radius 3 is 2.96 bits per heavy atom. The zero-order valence-corrected chi connectivity index (χ0v) is 15.1. The number of benzene rings is 1. The van der Waals surface area contributed by atoms with Crippen molar-refractivity contribution in [3.05, 3.63) is 36.0 Å². The molecule has 1 fully saturated rings. The van der Waals surface area contributed by atoms with Gasteiger partial charge in [-0.25, -0.2) is 0 Å². The molecule has 0 aliphatic carbocycles. The Morgan fingerprint density at radius 1 is 1.32 bits per heavy atom. The van der Waals surface area contributed by atoms with Crippen molar-refractivity contribution in [2.45, 2.75) is 38.6 Å². The molecule has 2 aromatic rings. The van der Waals surface area contributed by atoms with Gasteiger partial charge in [0.15, 0.2) is 0 Å². The summed E-state index contributed by atoms with van der Waals surface area (Å²) in [7, 11) is 0. The van der Waals surface area contributed by atoms with Crippen molar-refractivity contribution < 1.29 is 9.53 Å². The maximum atomic E-state index is 12.1. The van der Waals surface area contributed by atoms with E-state index in [0.717, 1.165) is 52.1 Å². The molecule has 0 saturated carbocycles. The summed E-state index contributed by atoms with van der Waals surface area (Å²) >= 11 is 0. The van der Waals surface area contributed by atoms with E-state index in [1.165, 1.54) is 16.5 Å². The maximum Gasteiger partial charge on any atom is 0.220 e. The molecule has 5 heteroatoms. The Bertz CT molecular complexity index is 676. The van der Waals surface area contributed by atoms with Gasteiger partial charge < -0.3 is 15.0 Å². The van der Waals surface area contributed by atoms with Gasteiger partial charge in [-0.15, -0.1) is 0 Å². The first-order valence-electron chi connectivity index (χ1n) is 9.37. The van der Waals surface area contributed by atoms with Crippen LogP contribution in [-0.4, -0.2) is 54.7 Å². The number of carbonyl (C=O) groups excluding carboxylic acids is 1. The average molecular weight is 343 g/mol. The number of para-hydroxylation sites is 1. The SMILES string of the molecule is CC(CCN1CCOCC1)NC(=O)CCCc1c[nH]c2ccccc12. The van der Waals surface area contributed by atoms with Crippen molar-refractivity contribution >= 4 is 16.8 Å². The molecule has 1 aromatic carbocycles. The number of aromatic amines is 1. The van der Waals surface area contributed by atoms with E-state index in [-0.39, 0.29) is 11.9 Å². The van der Waals surface area contributed by atoms with Crippen LogP contribution < -0.4 is 5.32 Å². The molecular formula is C20H29N3O2. The first-order valence-corrected chi connectivity index (χ1v) is 9.37. The molecule has 1 saturated heterocycles. The number of aryl methyl sites for hydroxylation is 1. The third-order valence-corrected chi connectivity index (χ3v) is 4.91. The van der Waals surface area contributed by atoms with Crippen LogP contribution in [0, 0.1) is 0 Å². The van der Waals surface area contributed by atoms with Gasteiger partial charge in [-0.2, -0.15) is 0 Å². The normalized spacial score (nSPS) is 16.8. The van der Waals surface area contributed by atoms with Crippen LogP contribution in [0.4, 0.5) is 0 Å². The first kappa shape index (κ1) is 18.0. The van der Waals surface area contributed by atoms with Crippen LogP contribution in [0.1, 0.15) is 31.7 Å². The summed E-state index contributed by atoms with van der Waals surface area (Å²) in [5, 5.41) is 4.40. The molecule has 1 aliphatic heterocycles. The minimum atomic E-state index is 0.161. The summed E-state index contributed by atoms with van der Waals surface area (Å²) in [6.45, 7) is 6.79. The van der Waals surface area contributed by atoms with Gasteiger partial charge in [-0.3, -0.25) is 9.69 Å². The highest BCUT2D eigenvalue weighted by Crippen LogP contribution is 2.19. The van der Waals surface area contributed by atoms with Gasteiger partial charge in [0.25, 0.3) is 0 Å². The van der Waals surface area contributed by atoms with Crippen LogP contribution in [0.3, 0.4) is 0 Å². The van der Waals surface area contributed by atoms with Crippen LogP contribution in [-0.2, 0) is 16.0 Å². The summed E-state index contributed by atoms with van der Waals surface area (Å²) in [4.78, 5) is 17.8. The lowest BCUT2D eigenvalue weighted by Crippen LogP contribution is -2.40. The Balaban J connectivity index is 1.34. The molecule has 1 atom stereocenters. The first-order chi connectivity index (χ1) is 12.2. The minimum Gasteiger partial charge on any atom is -0.379 e. The molecule has 1 aromatic heterocycles. The Hall–Kier alpha value is -1.85. The Kier molecular flexibility index (Phi) is 6.48. The van der Waals surface area contributed by atoms with Crippen molar-refractivity contribution in [3.8, 4) is 0 Å². The van der Waals surface area contributed by atoms with E-state index in [4.69, 9.17) is 4.74 Å². The smallest absolute Gasteiger partial charge is 0.220 e. The summed E-state index contributed by atoms with van der Waals surface area (Å²) < 4.78 is 5.36. The number of nitrogens with one attached hydrogen (secondary N) is 2. The zero-order chi connectivity index (χ0) is 17.5. The third-order valence-electron chi connectivity index (χ3n) is 4.91. The molecule has 5 nitrogen and oxygen atoms in total. The van der Waals surface area contributed by atoms with Gasteiger partial charge in [0.1, 0.15) is 0 Å². The van der Waals surface area contributed by atoms with Crippen LogP contribution in [0.2, 0.25) is 0 Å². The average Bonchev–Trinajstić information content (AvgIpc) is 3.04. The fourth-order valence-electron chi connectivity index (χ4n) is 3.40. The highest BCUT2D eigenvalue weighted by Gasteiger charge is 2.13. The predicted octanol–water partition coefficient (Wildman–Crippen LogP) is 2.72. The second kappa shape index (κ2) is 9.02. The number of carbonyl (C=O) groups is 1. The van der Waals surface area contributed by atoms with Crippen molar-refractivity contribution in [2.24, 2.45) is 0 Å². The molecule has 25 heavy (non-hydrogen) atoms. The van der Waals surface area contributed by atoms with Gasteiger partial charge in [0, 0.05) is 49.2 Å². The number of rotatable bonds is 8. The molecule has 136 valence electrons. The summed E-state index contributed by atoms with van der Waals surface area (Å²) in [6.07, 6.45) is 5.45. The molecule has 3 rings (SSSR count). The zero-order valence-electron chi connectivity index (χ0n) is 15.1. The number of amides is 1. The van der Waals surface area contributed by atoms with Gasteiger partial charge in [-0.05, 0) is 37.8 Å². The van der Waals surface area contributed by atoms with Gasteiger partial charge in [0.05, 0.1) is 13.2 Å². The molecule has 2 heterocycles. The van der Waals surface area contributed by atoms with E-state index >= 15 is 0 Å². The van der Waals surface area contributed by atoms with Gasteiger partial charge >= 0.3 is 0 Å². The Morgan fingerprint density at radius 2 is 2.12 bits per heavy atom. The number of nitrogens with zero attached hydrogens (tertiary/aromatic N) is 1. The quantitative estimate of drug-likeness (QED) is 0.775. The number of aromatic nitrogens is 1. The third kappa shape index (κ3) is 5.31. The van der Waals surface area contributed by atoms with Crippen molar-refractivity contribution in [3.63, 3.8) is 0 Å². The topological polar surface area (TPSA) is 57.4 Å². The molecule has 1 amide bonds. The summed E-state index contributed by atoms with van der Waals surface area (Å²) in [5.41, 5.74) is 2.46. The molecule has 1 aliphatic rings. The van der Waals surface area contributed by atoms with Crippen LogP contribution in [0.25, 0.3) is 10.9 Å². The fraction of sp³-hybridized carbons (Fsp3) is 0.550. The maximum absolute atomic E-state index is 12.1. The van der Waals surface area contributed by atoms with Crippen molar-refractivity contribution in [2.75, 3.05) is 32.8 Å². The molecule has 0 bridgehead atoms. The lowest BCUT2D eigenvalue weighted by molar-refractivity contribution is -0.121. The molecule has 0 radical (unpaired) electrons. The predicted molar refractivity (Wildman–Crippen MR) is 101 cm³/mol. The van der Waals surface area contributed by atoms with Crippen LogP contribution >= 0.6 is 0 Å². The van der Waals surface area contributed by atoms with E-state index in [1.807, 2.05) is 6.07 Å². The second-order valence-corrected chi connectivity index (χ2v) is 6.92. The minimum absolute atomic E-state index is 0.161. The van der Waals surface area contributed by atoms with Gasteiger partial charge in [0.2, 0.25) is 5.91 Å². The Labute approximate surface area is 149 Å². The standard InChI is InChI=1S/C20H29N3O2/c1-16(9-10-23-11-13-25-14-12-23)22-20(24)8-4-5-17-15-21-19-7-3-2-6-18(17)19/h2-3,6-7,15-16,21H,4-5,8-14H2,1H3,(H,22,24). The number of fused-ring (bicyclic) bond motifs is 1. The lowest BCUT2D eigenvalue weighted by Gasteiger charge is -2.27. The molecule has 1 unspecified atom stereocenters. The monoisotopic (exact) mass is 343 g/mol. The summed E-state index contributed by atoms with van der Waals surface area (Å²) in [6, 6.07) is 8.54. The van der Waals surface area contributed by atoms with E-state index in [9.17, 15) is 4.79 Å². The molecular weight excluding hydrogens is 314 g/mol. The number of hydrogen-bond donors (Lipinski definition) is 2. The fourth-order valence-corrected chi connectivity index (χ4v) is 3.40. The van der Waals surface area contributed by atoms with E-state index < -0.39 is 0 Å². The van der Waals surface area contributed by atoms with E-state index in [2.05, 4.69) is 46.5 Å². The largest absolute Gasteiger partial charge is 0.379 e. The summed E-state index contributed by atoms with van der Waals surface area (Å²) in [5.74, 6) is 0.161. The van der Waals surface area contributed by atoms with Crippen LogP contribution in [0.15, 0.2) is 30.5 Å². The number of morpholine rings is 1. The number of hydrogen-bond acceptors (Lipinski definition) is 3. The lowest BCUT2D eigenvalue weighted by atomic mass is 10.1. The number of H-pyrrole nitrogens is 1.